The van der Waals surface area contributed by atoms with Crippen molar-refractivity contribution in [2.24, 2.45) is 0 Å². The highest BCUT2D eigenvalue weighted by Crippen LogP contribution is 2.24. The maximum atomic E-state index is 13.8. The van der Waals surface area contributed by atoms with Gasteiger partial charge >= 0.3 is 0 Å². The Hall–Kier alpha value is -2.50. The summed E-state index contributed by atoms with van der Waals surface area (Å²) in [5.41, 5.74) is 1.57. The first-order valence-corrected chi connectivity index (χ1v) is 8.96. The lowest BCUT2D eigenvalue weighted by Gasteiger charge is -2.12. The van der Waals surface area contributed by atoms with E-state index in [-0.39, 0.29) is 23.7 Å². The molecule has 0 aliphatic heterocycles. The number of oxazole rings is 1. The Kier molecular flexibility index (Phi) is 6.15. The van der Waals surface area contributed by atoms with Gasteiger partial charge in [-0.05, 0) is 44.2 Å². The van der Waals surface area contributed by atoms with E-state index in [1.807, 2.05) is 0 Å². The van der Waals surface area contributed by atoms with Gasteiger partial charge < -0.3 is 9.73 Å². The molecule has 4 nitrogen and oxygen atoms in total. The molecular weight excluding hydrogens is 338 g/mol. The number of rotatable bonds is 7. The summed E-state index contributed by atoms with van der Waals surface area (Å²) in [7, 11) is 0. The molecule has 1 aromatic carbocycles. The van der Waals surface area contributed by atoms with Crippen LogP contribution in [-0.2, 0) is 11.2 Å². The van der Waals surface area contributed by atoms with Crippen molar-refractivity contribution in [3.05, 3.63) is 53.6 Å². The molecule has 1 N–H and O–H groups in total. The van der Waals surface area contributed by atoms with Gasteiger partial charge in [-0.1, -0.05) is 11.6 Å². The van der Waals surface area contributed by atoms with E-state index in [9.17, 15) is 13.6 Å². The second-order valence-electron chi connectivity index (χ2n) is 6.45. The molecule has 138 valence electrons. The van der Waals surface area contributed by atoms with Crippen LogP contribution in [0.3, 0.4) is 0 Å². The van der Waals surface area contributed by atoms with Crippen molar-refractivity contribution in [3.63, 3.8) is 0 Å². The van der Waals surface area contributed by atoms with Crippen LogP contribution in [0, 0.1) is 11.6 Å². The molecule has 3 rings (SSSR count). The van der Waals surface area contributed by atoms with Crippen molar-refractivity contribution < 1.29 is 18.0 Å². The number of hydrogen-bond donors (Lipinski definition) is 1. The van der Waals surface area contributed by atoms with Crippen LogP contribution < -0.4 is 5.32 Å². The lowest BCUT2D eigenvalue weighted by atomic mass is 9.97. The Balaban J connectivity index is 1.45. The summed E-state index contributed by atoms with van der Waals surface area (Å²) in [6.45, 7) is 0.641. The Morgan fingerprint density at radius 1 is 1.23 bits per heavy atom. The number of amides is 1. The maximum absolute atomic E-state index is 13.8. The molecule has 0 bridgehead atoms. The van der Waals surface area contributed by atoms with Gasteiger partial charge in [0.1, 0.15) is 11.6 Å². The lowest BCUT2D eigenvalue weighted by molar-refractivity contribution is -0.121. The average molecular weight is 360 g/mol. The molecule has 2 aromatic rings. The topological polar surface area (TPSA) is 55.1 Å². The summed E-state index contributed by atoms with van der Waals surface area (Å²) in [6, 6.07) is 3.27. The normalized spacial score (nSPS) is 14.2. The van der Waals surface area contributed by atoms with Crippen molar-refractivity contribution >= 4 is 5.91 Å². The van der Waals surface area contributed by atoms with Crippen molar-refractivity contribution in [2.75, 3.05) is 6.54 Å². The summed E-state index contributed by atoms with van der Waals surface area (Å²) >= 11 is 0. The van der Waals surface area contributed by atoms with Gasteiger partial charge in [0, 0.05) is 25.5 Å². The number of hydrogen-bond acceptors (Lipinski definition) is 3. The van der Waals surface area contributed by atoms with Crippen molar-refractivity contribution in [3.8, 4) is 11.3 Å². The number of carbonyl (C=O) groups excluding carboxylic acids is 1. The molecule has 1 heterocycles. The Labute approximate surface area is 151 Å². The van der Waals surface area contributed by atoms with Crippen LogP contribution in [0.15, 0.2) is 40.5 Å². The van der Waals surface area contributed by atoms with E-state index >= 15 is 0 Å². The van der Waals surface area contributed by atoms with Gasteiger partial charge in [0.25, 0.3) is 0 Å². The number of aromatic nitrogens is 1. The number of nitrogens with one attached hydrogen (secondary N) is 1. The molecule has 0 unspecified atom stereocenters. The van der Waals surface area contributed by atoms with E-state index in [0.29, 0.717) is 18.9 Å². The van der Waals surface area contributed by atoms with Gasteiger partial charge in [-0.2, -0.15) is 0 Å². The van der Waals surface area contributed by atoms with Crippen LogP contribution in [-0.4, -0.2) is 17.4 Å². The minimum Gasteiger partial charge on any atom is -0.441 e. The molecule has 1 aromatic heterocycles. The highest BCUT2D eigenvalue weighted by atomic mass is 19.1. The number of nitrogens with zero attached hydrogens (tertiary/aromatic N) is 1. The zero-order valence-electron chi connectivity index (χ0n) is 14.6. The molecule has 26 heavy (non-hydrogen) atoms. The summed E-state index contributed by atoms with van der Waals surface area (Å²) in [6.07, 6.45) is 9.93. The predicted molar refractivity (Wildman–Crippen MR) is 94.4 cm³/mol. The summed E-state index contributed by atoms with van der Waals surface area (Å²) in [5.74, 6) is -0.834. The molecule has 1 aliphatic carbocycles. The second-order valence-corrected chi connectivity index (χ2v) is 6.45. The van der Waals surface area contributed by atoms with Crippen molar-refractivity contribution in [1.82, 2.24) is 10.3 Å². The van der Waals surface area contributed by atoms with E-state index in [1.165, 1.54) is 30.7 Å². The van der Waals surface area contributed by atoms with E-state index in [2.05, 4.69) is 16.4 Å². The van der Waals surface area contributed by atoms with Gasteiger partial charge in [0.15, 0.2) is 11.7 Å². The first-order chi connectivity index (χ1) is 12.6. The molecule has 0 radical (unpaired) electrons. The smallest absolute Gasteiger partial charge is 0.220 e. The number of carbonyl (C=O) groups is 1. The van der Waals surface area contributed by atoms with Crippen LogP contribution in [0.2, 0.25) is 0 Å². The Morgan fingerprint density at radius 2 is 2.12 bits per heavy atom. The van der Waals surface area contributed by atoms with Crippen molar-refractivity contribution in [2.45, 2.75) is 44.9 Å². The van der Waals surface area contributed by atoms with E-state index in [1.54, 1.807) is 0 Å². The third-order valence-electron chi connectivity index (χ3n) is 4.47. The standard InChI is InChI=1S/C20H22F2N2O2/c21-15-6-7-16(17(22)12-15)18-13-24-20(26-18)9-8-19(25)23-11-10-14-4-2-1-3-5-14/h4,6-7,12-13H,1-3,5,8-11H2,(H,23,25). The van der Waals surface area contributed by atoms with Gasteiger partial charge in [-0.25, -0.2) is 13.8 Å². The van der Waals surface area contributed by atoms with Crippen LogP contribution in [0.4, 0.5) is 8.78 Å². The molecule has 0 saturated carbocycles. The quantitative estimate of drug-likeness (QED) is 0.737. The van der Waals surface area contributed by atoms with Gasteiger partial charge in [-0.15, -0.1) is 0 Å². The molecule has 0 atom stereocenters. The fourth-order valence-corrected chi connectivity index (χ4v) is 3.04. The van der Waals surface area contributed by atoms with Crippen LogP contribution in [0.5, 0.6) is 0 Å². The fraction of sp³-hybridized carbons (Fsp3) is 0.400. The van der Waals surface area contributed by atoms with Crippen molar-refractivity contribution in [1.29, 1.82) is 0 Å². The predicted octanol–water partition coefficient (Wildman–Crippen LogP) is 4.56. The highest BCUT2D eigenvalue weighted by Gasteiger charge is 2.13. The molecular formula is C20H22F2N2O2. The fourth-order valence-electron chi connectivity index (χ4n) is 3.04. The molecule has 6 heteroatoms. The van der Waals surface area contributed by atoms with E-state index in [4.69, 9.17) is 4.42 Å². The lowest BCUT2D eigenvalue weighted by Crippen LogP contribution is -2.25. The summed E-state index contributed by atoms with van der Waals surface area (Å²) < 4.78 is 32.2. The third kappa shape index (κ3) is 5.00. The Morgan fingerprint density at radius 3 is 2.88 bits per heavy atom. The first-order valence-electron chi connectivity index (χ1n) is 8.96. The van der Waals surface area contributed by atoms with E-state index < -0.39 is 11.6 Å². The van der Waals surface area contributed by atoms with Crippen LogP contribution in [0.25, 0.3) is 11.3 Å². The van der Waals surface area contributed by atoms with Crippen LogP contribution in [0.1, 0.15) is 44.4 Å². The summed E-state index contributed by atoms with van der Waals surface area (Å²) in [4.78, 5) is 16.0. The number of benzene rings is 1. The van der Waals surface area contributed by atoms with Gasteiger partial charge in [0.05, 0.1) is 11.8 Å². The second kappa shape index (κ2) is 8.74. The monoisotopic (exact) mass is 360 g/mol. The summed E-state index contributed by atoms with van der Waals surface area (Å²) in [5, 5.41) is 2.90. The number of allylic oxidation sites excluding steroid dienone is 1. The average Bonchev–Trinajstić information content (AvgIpc) is 3.09. The van der Waals surface area contributed by atoms with Gasteiger partial charge in [-0.3, -0.25) is 4.79 Å². The maximum Gasteiger partial charge on any atom is 0.220 e. The highest BCUT2D eigenvalue weighted by molar-refractivity contribution is 5.76. The Bertz CT molecular complexity index is 799. The largest absolute Gasteiger partial charge is 0.441 e. The first kappa shape index (κ1) is 18.3. The van der Waals surface area contributed by atoms with Gasteiger partial charge in [0.2, 0.25) is 5.91 Å². The molecule has 1 aliphatic rings. The van der Waals surface area contributed by atoms with Crippen LogP contribution >= 0.6 is 0 Å². The van der Waals surface area contributed by atoms with E-state index in [0.717, 1.165) is 31.4 Å². The zero-order valence-corrected chi connectivity index (χ0v) is 14.6. The minimum absolute atomic E-state index is 0.0610. The number of halogens is 2. The zero-order chi connectivity index (χ0) is 18.4. The molecule has 0 fully saturated rings. The SMILES string of the molecule is O=C(CCc1ncc(-c2ccc(F)cc2F)o1)NCCC1=CCCCC1. The molecule has 1 amide bonds. The molecule has 0 spiro atoms. The third-order valence-corrected chi connectivity index (χ3v) is 4.47. The number of aryl methyl sites for hydroxylation is 1. The molecule has 0 saturated heterocycles. The minimum atomic E-state index is -0.706.